The van der Waals surface area contributed by atoms with Crippen molar-refractivity contribution in [2.75, 3.05) is 13.2 Å². The van der Waals surface area contributed by atoms with Crippen molar-refractivity contribution < 1.29 is 27.1 Å². The number of amides is 1. The number of halogens is 4. The smallest absolute Gasteiger partial charge is 0.254 e. The molecule has 1 fully saturated rings. The Hall–Kier alpha value is -1.63. The van der Waals surface area contributed by atoms with Crippen LogP contribution in [-0.2, 0) is 4.74 Å². The Balaban J connectivity index is 2.28. The highest BCUT2D eigenvalue weighted by molar-refractivity contribution is 5.94. The first-order valence-corrected chi connectivity index (χ1v) is 4.72. The summed E-state index contributed by atoms with van der Waals surface area (Å²) in [7, 11) is 0. The van der Waals surface area contributed by atoms with E-state index in [0.717, 1.165) is 0 Å². The van der Waals surface area contributed by atoms with E-state index in [2.05, 4.69) is 5.32 Å². The molecule has 1 aromatic rings. The monoisotopic (exact) mass is 249 g/mol. The lowest BCUT2D eigenvalue weighted by Gasteiger charge is -2.26. The number of hydrogen-bond acceptors (Lipinski definition) is 2. The van der Waals surface area contributed by atoms with Crippen LogP contribution in [0.3, 0.4) is 0 Å². The number of benzene rings is 1. The Kier molecular flexibility index (Phi) is 3.01. The van der Waals surface area contributed by atoms with Gasteiger partial charge >= 0.3 is 0 Å². The first kappa shape index (κ1) is 11.8. The van der Waals surface area contributed by atoms with E-state index < -0.39 is 34.7 Å². The molecule has 1 heterocycles. The van der Waals surface area contributed by atoms with Crippen molar-refractivity contribution in [1.29, 1.82) is 0 Å². The van der Waals surface area contributed by atoms with Crippen LogP contribution in [0.25, 0.3) is 0 Å². The van der Waals surface area contributed by atoms with Crippen LogP contribution in [0.15, 0.2) is 6.07 Å². The van der Waals surface area contributed by atoms with E-state index in [1.807, 2.05) is 0 Å². The summed E-state index contributed by atoms with van der Waals surface area (Å²) in [6, 6.07) is 0.000800. The Bertz CT molecular complexity index is 474. The van der Waals surface area contributed by atoms with Gasteiger partial charge in [-0.05, 0) is 6.07 Å². The number of carbonyl (C=O) groups excluding carboxylic acids is 1. The van der Waals surface area contributed by atoms with Crippen molar-refractivity contribution in [2.45, 2.75) is 6.04 Å². The van der Waals surface area contributed by atoms with Gasteiger partial charge in [0.2, 0.25) is 0 Å². The zero-order valence-electron chi connectivity index (χ0n) is 8.40. The molecule has 3 nitrogen and oxygen atoms in total. The predicted octanol–water partition coefficient (Wildman–Crippen LogP) is 1.37. The van der Waals surface area contributed by atoms with Crippen LogP contribution in [0.5, 0.6) is 0 Å². The van der Waals surface area contributed by atoms with Crippen molar-refractivity contribution in [3.8, 4) is 0 Å². The molecule has 92 valence electrons. The highest BCUT2D eigenvalue weighted by Gasteiger charge is 2.26. The van der Waals surface area contributed by atoms with E-state index in [0.29, 0.717) is 6.07 Å². The number of rotatable bonds is 2. The average molecular weight is 249 g/mol. The fraction of sp³-hybridized carbons (Fsp3) is 0.300. The maximum Gasteiger partial charge on any atom is 0.254 e. The van der Waals surface area contributed by atoms with Crippen LogP contribution < -0.4 is 5.32 Å². The highest BCUT2D eigenvalue weighted by Crippen LogP contribution is 2.19. The van der Waals surface area contributed by atoms with E-state index in [4.69, 9.17) is 4.74 Å². The molecule has 17 heavy (non-hydrogen) atoms. The van der Waals surface area contributed by atoms with Crippen molar-refractivity contribution in [3.05, 3.63) is 34.9 Å². The predicted molar refractivity (Wildman–Crippen MR) is 48.3 cm³/mol. The van der Waals surface area contributed by atoms with E-state index in [-0.39, 0.29) is 19.3 Å². The molecule has 1 aliphatic heterocycles. The maximum absolute atomic E-state index is 13.2. The van der Waals surface area contributed by atoms with E-state index in [1.54, 1.807) is 0 Å². The Morgan fingerprint density at radius 2 is 1.82 bits per heavy atom. The second kappa shape index (κ2) is 4.33. The van der Waals surface area contributed by atoms with Crippen molar-refractivity contribution in [3.63, 3.8) is 0 Å². The highest BCUT2D eigenvalue weighted by atomic mass is 19.2. The van der Waals surface area contributed by atoms with Gasteiger partial charge in [0.15, 0.2) is 23.3 Å². The van der Waals surface area contributed by atoms with Crippen LogP contribution in [0.4, 0.5) is 17.6 Å². The summed E-state index contributed by atoms with van der Waals surface area (Å²) in [5.74, 6) is -8.26. The van der Waals surface area contributed by atoms with Crippen molar-refractivity contribution in [1.82, 2.24) is 5.32 Å². The molecule has 7 heteroatoms. The third kappa shape index (κ3) is 2.10. The molecule has 0 unspecified atom stereocenters. The van der Waals surface area contributed by atoms with Crippen LogP contribution in [0, 0.1) is 23.3 Å². The molecule has 1 saturated heterocycles. The average Bonchev–Trinajstić information content (AvgIpc) is 2.25. The number of hydrogen-bond donors (Lipinski definition) is 1. The zero-order valence-corrected chi connectivity index (χ0v) is 8.40. The van der Waals surface area contributed by atoms with Gasteiger partial charge in [0.25, 0.3) is 5.91 Å². The Morgan fingerprint density at radius 3 is 2.35 bits per heavy atom. The quantitative estimate of drug-likeness (QED) is 0.488. The van der Waals surface area contributed by atoms with Gasteiger partial charge in [-0.1, -0.05) is 0 Å². The number of carbonyl (C=O) groups is 1. The number of nitrogens with one attached hydrogen (secondary N) is 1. The summed E-state index contributed by atoms with van der Waals surface area (Å²) in [5, 5.41) is 2.29. The fourth-order valence-electron chi connectivity index (χ4n) is 1.32. The summed E-state index contributed by atoms with van der Waals surface area (Å²) in [5.41, 5.74) is -0.867. The molecule has 1 amide bonds. The van der Waals surface area contributed by atoms with Crippen LogP contribution in [0.2, 0.25) is 0 Å². The van der Waals surface area contributed by atoms with Gasteiger partial charge in [-0.15, -0.1) is 0 Å². The molecule has 1 aromatic carbocycles. The Labute approximate surface area is 93.4 Å². The van der Waals surface area contributed by atoms with Gasteiger partial charge in [-0.2, -0.15) is 0 Å². The fourth-order valence-corrected chi connectivity index (χ4v) is 1.32. The molecule has 0 radical (unpaired) electrons. The van der Waals surface area contributed by atoms with Gasteiger partial charge in [0.05, 0.1) is 24.8 Å². The summed E-state index contributed by atoms with van der Waals surface area (Å²) < 4.78 is 56.3. The molecule has 0 saturated carbocycles. The number of ether oxygens (including phenoxy) is 1. The third-order valence-electron chi connectivity index (χ3n) is 2.32. The molecule has 0 aliphatic carbocycles. The topological polar surface area (TPSA) is 38.3 Å². The molecule has 0 aromatic heterocycles. The molecule has 0 bridgehead atoms. The minimum atomic E-state index is -2.00. The van der Waals surface area contributed by atoms with Gasteiger partial charge in [0.1, 0.15) is 0 Å². The first-order valence-electron chi connectivity index (χ1n) is 4.72. The van der Waals surface area contributed by atoms with E-state index >= 15 is 0 Å². The standard InChI is InChI=1S/C10H7F4NO2/c11-6-1-5(7(12)9(14)8(6)13)10(16)15-4-2-17-3-4/h1,4H,2-3H2,(H,15,16). The summed E-state index contributed by atoms with van der Waals surface area (Å²) in [4.78, 5) is 11.4. The molecule has 2 rings (SSSR count). The molecule has 1 aliphatic rings. The normalized spacial score (nSPS) is 15.5. The molecule has 0 spiro atoms. The second-order valence-corrected chi connectivity index (χ2v) is 3.56. The molecule has 0 atom stereocenters. The van der Waals surface area contributed by atoms with Gasteiger partial charge in [-0.3, -0.25) is 4.79 Å². The summed E-state index contributed by atoms with van der Waals surface area (Å²) >= 11 is 0. The van der Waals surface area contributed by atoms with Crippen LogP contribution in [0.1, 0.15) is 10.4 Å². The molecule has 1 N–H and O–H groups in total. The van der Waals surface area contributed by atoms with E-state index in [1.165, 1.54) is 0 Å². The minimum absolute atomic E-state index is 0.250. The lowest BCUT2D eigenvalue weighted by Crippen LogP contribution is -2.48. The van der Waals surface area contributed by atoms with Gasteiger partial charge < -0.3 is 10.1 Å². The van der Waals surface area contributed by atoms with Crippen LogP contribution >= 0.6 is 0 Å². The lowest BCUT2D eigenvalue weighted by atomic mass is 10.1. The molecular formula is C10H7F4NO2. The van der Waals surface area contributed by atoms with Crippen LogP contribution in [-0.4, -0.2) is 25.2 Å². The Morgan fingerprint density at radius 1 is 1.18 bits per heavy atom. The zero-order chi connectivity index (χ0) is 12.6. The molecular weight excluding hydrogens is 242 g/mol. The van der Waals surface area contributed by atoms with E-state index in [9.17, 15) is 22.4 Å². The lowest BCUT2D eigenvalue weighted by molar-refractivity contribution is -0.00355. The SMILES string of the molecule is O=C(NC1COC1)c1cc(F)c(F)c(F)c1F. The third-order valence-corrected chi connectivity index (χ3v) is 2.32. The first-order chi connectivity index (χ1) is 8.00. The largest absolute Gasteiger partial charge is 0.377 e. The summed E-state index contributed by atoms with van der Waals surface area (Å²) in [6.45, 7) is 0.499. The van der Waals surface area contributed by atoms with Gasteiger partial charge in [-0.25, -0.2) is 17.6 Å². The van der Waals surface area contributed by atoms with Crippen molar-refractivity contribution >= 4 is 5.91 Å². The van der Waals surface area contributed by atoms with Gasteiger partial charge in [0, 0.05) is 0 Å². The minimum Gasteiger partial charge on any atom is -0.377 e. The second-order valence-electron chi connectivity index (χ2n) is 3.56. The summed E-state index contributed by atoms with van der Waals surface area (Å²) in [6.07, 6.45) is 0. The maximum atomic E-state index is 13.2. The van der Waals surface area contributed by atoms with Crippen molar-refractivity contribution in [2.24, 2.45) is 0 Å².